The zero-order valence-electron chi connectivity index (χ0n) is 11.7. The van der Waals surface area contributed by atoms with E-state index in [1.165, 1.54) is 0 Å². The van der Waals surface area contributed by atoms with Crippen LogP contribution in [0.1, 0.15) is 41.0 Å². The van der Waals surface area contributed by atoms with Crippen LogP contribution in [0.4, 0.5) is 0 Å². The third-order valence-electron chi connectivity index (χ3n) is 3.66. The standard InChI is InChI=1S/C13H28N2O/c1-12(2,3)15-9-11(7-8-16)14(6)10-13(15,4)5/h11,16H,7-10H2,1-6H3. The van der Waals surface area contributed by atoms with Gasteiger partial charge in [-0.2, -0.15) is 0 Å². The second kappa shape index (κ2) is 4.63. The van der Waals surface area contributed by atoms with Crippen molar-refractivity contribution in [1.82, 2.24) is 9.80 Å². The van der Waals surface area contributed by atoms with Crippen molar-refractivity contribution in [1.29, 1.82) is 0 Å². The van der Waals surface area contributed by atoms with E-state index in [0.717, 1.165) is 19.5 Å². The minimum atomic E-state index is 0.193. The molecular formula is C13H28N2O. The average molecular weight is 228 g/mol. The Balaban J connectivity index is 2.82. The zero-order valence-corrected chi connectivity index (χ0v) is 11.7. The smallest absolute Gasteiger partial charge is 0.0446 e. The fraction of sp³-hybridized carbons (Fsp3) is 1.00. The van der Waals surface area contributed by atoms with Crippen LogP contribution in [-0.4, -0.2) is 58.8 Å². The Hall–Kier alpha value is -0.120. The van der Waals surface area contributed by atoms with Crippen LogP contribution in [0.25, 0.3) is 0 Å². The molecule has 16 heavy (non-hydrogen) atoms. The van der Waals surface area contributed by atoms with E-state index in [9.17, 15) is 0 Å². The molecule has 96 valence electrons. The third-order valence-corrected chi connectivity index (χ3v) is 3.66. The van der Waals surface area contributed by atoms with Gasteiger partial charge in [0.2, 0.25) is 0 Å². The van der Waals surface area contributed by atoms with E-state index in [0.29, 0.717) is 6.04 Å². The molecule has 0 radical (unpaired) electrons. The highest BCUT2D eigenvalue weighted by Gasteiger charge is 2.41. The number of aliphatic hydroxyl groups excluding tert-OH is 1. The van der Waals surface area contributed by atoms with Gasteiger partial charge in [-0.05, 0) is 48.1 Å². The zero-order chi connectivity index (χ0) is 12.6. The van der Waals surface area contributed by atoms with Gasteiger partial charge in [0.05, 0.1) is 0 Å². The number of aliphatic hydroxyl groups is 1. The molecule has 1 heterocycles. The van der Waals surface area contributed by atoms with Crippen molar-refractivity contribution in [2.75, 3.05) is 26.7 Å². The van der Waals surface area contributed by atoms with Crippen molar-refractivity contribution in [2.24, 2.45) is 0 Å². The van der Waals surface area contributed by atoms with Gasteiger partial charge in [0.25, 0.3) is 0 Å². The molecule has 0 aromatic carbocycles. The number of hydrogen-bond acceptors (Lipinski definition) is 3. The van der Waals surface area contributed by atoms with Gasteiger partial charge in [-0.1, -0.05) is 0 Å². The quantitative estimate of drug-likeness (QED) is 0.777. The third kappa shape index (κ3) is 2.96. The summed E-state index contributed by atoms with van der Waals surface area (Å²) >= 11 is 0. The van der Waals surface area contributed by atoms with Crippen LogP contribution in [0.15, 0.2) is 0 Å². The lowest BCUT2D eigenvalue weighted by molar-refractivity contribution is -0.0617. The van der Waals surface area contributed by atoms with Gasteiger partial charge >= 0.3 is 0 Å². The summed E-state index contributed by atoms with van der Waals surface area (Å²) in [5.74, 6) is 0. The van der Waals surface area contributed by atoms with Gasteiger partial charge < -0.3 is 10.0 Å². The first-order valence-electron chi connectivity index (χ1n) is 6.27. The predicted octanol–water partition coefficient (Wildman–Crippen LogP) is 1.56. The van der Waals surface area contributed by atoms with Gasteiger partial charge in [0.1, 0.15) is 0 Å². The SMILES string of the molecule is CN1CC(C)(C)N(C(C)(C)C)CC1CCO. The number of rotatable bonds is 2. The summed E-state index contributed by atoms with van der Waals surface area (Å²) < 4.78 is 0. The molecule has 3 nitrogen and oxygen atoms in total. The van der Waals surface area contributed by atoms with Crippen LogP contribution >= 0.6 is 0 Å². The molecule has 1 rings (SSSR count). The monoisotopic (exact) mass is 228 g/mol. The minimum absolute atomic E-state index is 0.193. The Labute approximate surface area is 100 Å². The van der Waals surface area contributed by atoms with E-state index >= 15 is 0 Å². The summed E-state index contributed by atoms with van der Waals surface area (Å²) in [5, 5.41) is 9.11. The molecule has 1 fully saturated rings. The van der Waals surface area contributed by atoms with Crippen LogP contribution in [-0.2, 0) is 0 Å². The van der Waals surface area contributed by atoms with Crippen LogP contribution in [0.5, 0.6) is 0 Å². The average Bonchev–Trinajstić information content (AvgIpc) is 2.06. The molecular weight excluding hydrogens is 200 g/mol. The fourth-order valence-corrected chi connectivity index (χ4v) is 3.06. The molecule has 0 amide bonds. The maximum Gasteiger partial charge on any atom is 0.0446 e. The molecule has 0 bridgehead atoms. The lowest BCUT2D eigenvalue weighted by Crippen LogP contribution is -2.67. The lowest BCUT2D eigenvalue weighted by atomic mass is 9.89. The molecule has 0 spiro atoms. The normalized spacial score (nSPS) is 28.3. The maximum atomic E-state index is 9.11. The Morgan fingerprint density at radius 1 is 1.31 bits per heavy atom. The topological polar surface area (TPSA) is 26.7 Å². The van der Waals surface area contributed by atoms with E-state index in [-0.39, 0.29) is 17.7 Å². The number of nitrogens with zero attached hydrogens (tertiary/aromatic N) is 2. The number of hydrogen-bond donors (Lipinski definition) is 1. The molecule has 1 aliphatic rings. The first-order valence-corrected chi connectivity index (χ1v) is 6.27. The molecule has 3 heteroatoms. The van der Waals surface area contributed by atoms with E-state index in [1.54, 1.807) is 0 Å². The van der Waals surface area contributed by atoms with Gasteiger partial charge in [-0.15, -0.1) is 0 Å². The molecule has 0 aromatic rings. The van der Waals surface area contributed by atoms with E-state index in [2.05, 4.69) is 51.5 Å². The molecule has 0 saturated carbocycles. The van der Waals surface area contributed by atoms with Gasteiger partial charge in [-0.3, -0.25) is 4.90 Å². The van der Waals surface area contributed by atoms with Crippen LogP contribution in [0.3, 0.4) is 0 Å². The van der Waals surface area contributed by atoms with Crippen LogP contribution < -0.4 is 0 Å². The van der Waals surface area contributed by atoms with Gasteiger partial charge in [0, 0.05) is 36.8 Å². The largest absolute Gasteiger partial charge is 0.396 e. The molecule has 0 aliphatic carbocycles. The van der Waals surface area contributed by atoms with E-state index in [4.69, 9.17) is 5.11 Å². The second-order valence-corrected chi connectivity index (χ2v) is 6.68. The van der Waals surface area contributed by atoms with Crippen molar-refractivity contribution < 1.29 is 5.11 Å². The summed E-state index contributed by atoms with van der Waals surface area (Å²) in [5.41, 5.74) is 0.400. The highest BCUT2D eigenvalue weighted by molar-refractivity contribution is 4.98. The summed E-state index contributed by atoms with van der Waals surface area (Å²) in [4.78, 5) is 4.96. The molecule has 1 unspecified atom stereocenters. The Bertz CT molecular complexity index is 233. The first kappa shape index (κ1) is 13.9. The van der Waals surface area contributed by atoms with Gasteiger partial charge in [0.15, 0.2) is 0 Å². The Kier molecular flexibility index (Phi) is 4.04. The summed E-state index contributed by atoms with van der Waals surface area (Å²) in [7, 11) is 2.17. The maximum absolute atomic E-state index is 9.11. The van der Waals surface area contributed by atoms with Crippen molar-refractivity contribution >= 4 is 0 Å². The van der Waals surface area contributed by atoms with Crippen LogP contribution in [0.2, 0.25) is 0 Å². The Morgan fingerprint density at radius 2 is 1.88 bits per heavy atom. The number of likely N-dealkylation sites (N-methyl/N-ethyl adjacent to an activating group) is 1. The van der Waals surface area contributed by atoms with Gasteiger partial charge in [-0.25, -0.2) is 0 Å². The highest BCUT2D eigenvalue weighted by atomic mass is 16.3. The highest BCUT2D eigenvalue weighted by Crippen LogP contribution is 2.31. The fourth-order valence-electron chi connectivity index (χ4n) is 3.06. The molecule has 0 aromatic heterocycles. The first-order chi connectivity index (χ1) is 7.18. The lowest BCUT2D eigenvalue weighted by Gasteiger charge is -2.55. The predicted molar refractivity (Wildman–Crippen MR) is 68.7 cm³/mol. The second-order valence-electron chi connectivity index (χ2n) is 6.68. The molecule has 1 aliphatic heterocycles. The van der Waals surface area contributed by atoms with Crippen LogP contribution in [0, 0.1) is 0 Å². The molecule has 1 atom stereocenters. The van der Waals surface area contributed by atoms with E-state index < -0.39 is 0 Å². The number of piperazine rings is 1. The molecule has 1 N–H and O–H groups in total. The van der Waals surface area contributed by atoms with Crippen molar-refractivity contribution in [3.63, 3.8) is 0 Å². The summed E-state index contributed by atoms with van der Waals surface area (Å²) in [6.07, 6.45) is 0.874. The van der Waals surface area contributed by atoms with Crippen molar-refractivity contribution in [3.8, 4) is 0 Å². The van der Waals surface area contributed by atoms with Crippen molar-refractivity contribution in [3.05, 3.63) is 0 Å². The summed E-state index contributed by atoms with van der Waals surface area (Å²) in [6, 6.07) is 0.484. The minimum Gasteiger partial charge on any atom is -0.396 e. The van der Waals surface area contributed by atoms with E-state index in [1.807, 2.05) is 0 Å². The van der Waals surface area contributed by atoms with Crippen molar-refractivity contribution in [2.45, 2.75) is 58.2 Å². The molecule has 1 saturated heterocycles. The summed E-state index contributed by atoms with van der Waals surface area (Å²) in [6.45, 7) is 13.8. The Morgan fingerprint density at radius 3 is 2.31 bits per heavy atom.